The molecule has 0 unspecified atom stereocenters. The molecule has 0 saturated carbocycles. The molecule has 0 aromatic heterocycles. The predicted octanol–water partition coefficient (Wildman–Crippen LogP) is 3.84. The Morgan fingerprint density at radius 1 is 1.00 bits per heavy atom. The lowest BCUT2D eigenvalue weighted by Crippen LogP contribution is -2.07. The fraction of sp³-hybridized carbons (Fsp3) is 0.238. The van der Waals surface area contributed by atoms with E-state index in [2.05, 4.69) is 4.99 Å². The number of ether oxygens (including phenoxy) is 4. The van der Waals surface area contributed by atoms with Gasteiger partial charge in [-0.15, -0.1) is 0 Å². The third-order valence-corrected chi connectivity index (χ3v) is 3.83. The molecule has 140 valence electrons. The standard InChI is InChI=1S/C21H21NO5/c1-4-25-17-9-7-6-8-15(17)20-22-16(21(23)27-20)12-14-10-11-18(26-5-2)19(13-14)24-3/h6-13H,4-5H2,1-3H3/b16-12-. The maximum atomic E-state index is 12.3. The van der Waals surface area contributed by atoms with Crippen LogP contribution in [0.4, 0.5) is 0 Å². The zero-order chi connectivity index (χ0) is 19.2. The maximum Gasteiger partial charge on any atom is 0.363 e. The van der Waals surface area contributed by atoms with E-state index in [1.54, 1.807) is 31.4 Å². The van der Waals surface area contributed by atoms with Gasteiger partial charge in [-0.1, -0.05) is 18.2 Å². The molecule has 2 aromatic rings. The second-order valence-corrected chi connectivity index (χ2v) is 5.61. The first-order valence-electron chi connectivity index (χ1n) is 8.71. The normalized spacial score (nSPS) is 14.7. The van der Waals surface area contributed by atoms with Gasteiger partial charge in [0.25, 0.3) is 0 Å². The molecule has 0 radical (unpaired) electrons. The van der Waals surface area contributed by atoms with Gasteiger partial charge >= 0.3 is 5.97 Å². The maximum absolute atomic E-state index is 12.3. The number of aliphatic imine (C=N–C) groups is 1. The Balaban J connectivity index is 1.93. The Hall–Kier alpha value is -3.28. The van der Waals surface area contributed by atoms with Gasteiger partial charge in [0.1, 0.15) is 5.75 Å². The first-order valence-corrected chi connectivity index (χ1v) is 8.71. The summed E-state index contributed by atoms with van der Waals surface area (Å²) in [7, 11) is 1.57. The predicted molar refractivity (Wildman–Crippen MR) is 102 cm³/mol. The van der Waals surface area contributed by atoms with E-state index in [4.69, 9.17) is 18.9 Å². The highest BCUT2D eigenvalue weighted by Gasteiger charge is 2.26. The summed E-state index contributed by atoms with van der Waals surface area (Å²) >= 11 is 0. The monoisotopic (exact) mass is 367 g/mol. The highest BCUT2D eigenvalue weighted by atomic mass is 16.6. The van der Waals surface area contributed by atoms with Crippen molar-refractivity contribution >= 4 is 17.9 Å². The van der Waals surface area contributed by atoms with Crippen LogP contribution in [0.15, 0.2) is 53.2 Å². The summed E-state index contributed by atoms with van der Waals surface area (Å²) in [5.41, 5.74) is 1.60. The van der Waals surface area contributed by atoms with Crippen LogP contribution in [-0.2, 0) is 9.53 Å². The zero-order valence-electron chi connectivity index (χ0n) is 15.5. The molecule has 0 fully saturated rings. The molecule has 0 N–H and O–H groups in total. The smallest absolute Gasteiger partial charge is 0.363 e. The molecule has 2 aromatic carbocycles. The van der Waals surface area contributed by atoms with Gasteiger partial charge < -0.3 is 18.9 Å². The topological polar surface area (TPSA) is 66.3 Å². The number of hydrogen-bond donors (Lipinski definition) is 0. The van der Waals surface area contributed by atoms with Crippen LogP contribution in [0, 0.1) is 0 Å². The Kier molecular flexibility index (Phi) is 5.76. The fourth-order valence-corrected chi connectivity index (χ4v) is 2.66. The van der Waals surface area contributed by atoms with E-state index in [1.165, 1.54) is 0 Å². The number of hydrogen-bond acceptors (Lipinski definition) is 6. The van der Waals surface area contributed by atoms with Crippen molar-refractivity contribution in [3.8, 4) is 17.2 Å². The Labute approximate surface area is 158 Å². The second-order valence-electron chi connectivity index (χ2n) is 5.61. The Bertz CT molecular complexity index is 901. The lowest BCUT2D eigenvalue weighted by atomic mass is 10.1. The minimum atomic E-state index is -0.510. The summed E-state index contributed by atoms with van der Waals surface area (Å²) < 4.78 is 21.8. The quantitative estimate of drug-likeness (QED) is 0.549. The molecule has 0 amide bonds. The molecule has 6 nitrogen and oxygen atoms in total. The summed E-state index contributed by atoms with van der Waals surface area (Å²) in [5.74, 6) is 1.57. The van der Waals surface area contributed by atoms with E-state index in [1.807, 2.05) is 38.1 Å². The first-order chi connectivity index (χ1) is 13.2. The number of cyclic esters (lactones) is 1. The van der Waals surface area contributed by atoms with Gasteiger partial charge in [-0.05, 0) is 49.8 Å². The van der Waals surface area contributed by atoms with Crippen molar-refractivity contribution in [2.24, 2.45) is 4.99 Å². The van der Waals surface area contributed by atoms with Crippen LogP contribution >= 0.6 is 0 Å². The minimum absolute atomic E-state index is 0.211. The number of rotatable bonds is 7. The van der Waals surface area contributed by atoms with Crippen LogP contribution < -0.4 is 14.2 Å². The molecular formula is C21H21NO5. The minimum Gasteiger partial charge on any atom is -0.493 e. The van der Waals surface area contributed by atoms with Crippen molar-refractivity contribution in [3.63, 3.8) is 0 Å². The van der Waals surface area contributed by atoms with Crippen LogP contribution in [0.1, 0.15) is 25.0 Å². The Morgan fingerprint density at radius 3 is 2.48 bits per heavy atom. The average molecular weight is 367 g/mol. The summed E-state index contributed by atoms with van der Waals surface area (Å²) in [6.07, 6.45) is 1.65. The van der Waals surface area contributed by atoms with E-state index in [-0.39, 0.29) is 11.6 Å². The van der Waals surface area contributed by atoms with E-state index in [0.717, 1.165) is 5.56 Å². The largest absolute Gasteiger partial charge is 0.493 e. The van der Waals surface area contributed by atoms with Crippen LogP contribution in [0.5, 0.6) is 17.2 Å². The number of benzene rings is 2. The van der Waals surface area contributed by atoms with Crippen molar-refractivity contribution < 1.29 is 23.7 Å². The molecule has 6 heteroatoms. The molecule has 1 heterocycles. The number of carbonyl (C=O) groups excluding carboxylic acids is 1. The van der Waals surface area contributed by atoms with Crippen LogP contribution in [-0.4, -0.2) is 32.2 Å². The molecular weight excluding hydrogens is 346 g/mol. The van der Waals surface area contributed by atoms with Crippen molar-refractivity contribution in [1.82, 2.24) is 0 Å². The van der Waals surface area contributed by atoms with Gasteiger partial charge in [-0.3, -0.25) is 0 Å². The molecule has 1 aliphatic heterocycles. The van der Waals surface area contributed by atoms with Crippen molar-refractivity contribution in [2.75, 3.05) is 20.3 Å². The molecule has 1 aliphatic rings. The molecule has 0 bridgehead atoms. The number of nitrogens with zero attached hydrogens (tertiary/aromatic N) is 1. The molecule has 3 rings (SSSR count). The van der Waals surface area contributed by atoms with Gasteiger partial charge in [0.2, 0.25) is 5.90 Å². The van der Waals surface area contributed by atoms with Crippen LogP contribution in [0.2, 0.25) is 0 Å². The molecule has 0 atom stereocenters. The first kappa shape index (κ1) is 18.5. The van der Waals surface area contributed by atoms with E-state index in [0.29, 0.717) is 36.0 Å². The number of para-hydroxylation sites is 1. The molecule has 0 saturated heterocycles. The van der Waals surface area contributed by atoms with E-state index in [9.17, 15) is 4.79 Å². The average Bonchev–Trinajstić information content (AvgIpc) is 3.04. The second kappa shape index (κ2) is 8.40. The molecule has 0 spiro atoms. The van der Waals surface area contributed by atoms with Crippen molar-refractivity contribution in [1.29, 1.82) is 0 Å². The van der Waals surface area contributed by atoms with Crippen LogP contribution in [0.25, 0.3) is 6.08 Å². The van der Waals surface area contributed by atoms with Crippen molar-refractivity contribution in [3.05, 3.63) is 59.3 Å². The molecule has 0 aliphatic carbocycles. The lowest BCUT2D eigenvalue weighted by molar-refractivity contribution is -0.129. The SMILES string of the molecule is CCOc1ccc(/C=C2\N=C(c3ccccc3OCC)OC2=O)cc1OC. The van der Waals surface area contributed by atoms with Gasteiger partial charge in [-0.2, -0.15) is 0 Å². The number of carbonyl (C=O) groups is 1. The van der Waals surface area contributed by atoms with Gasteiger partial charge in [0, 0.05) is 0 Å². The highest BCUT2D eigenvalue weighted by molar-refractivity contribution is 6.13. The van der Waals surface area contributed by atoms with Gasteiger partial charge in [0.15, 0.2) is 17.2 Å². The summed E-state index contributed by atoms with van der Waals surface area (Å²) in [6.45, 7) is 4.84. The summed E-state index contributed by atoms with van der Waals surface area (Å²) in [5, 5.41) is 0. The molecule has 27 heavy (non-hydrogen) atoms. The highest BCUT2D eigenvalue weighted by Crippen LogP contribution is 2.30. The summed E-state index contributed by atoms with van der Waals surface area (Å²) in [4.78, 5) is 16.6. The number of methoxy groups -OCH3 is 1. The van der Waals surface area contributed by atoms with Gasteiger partial charge in [-0.25, -0.2) is 9.79 Å². The van der Waals surface area contributed by atoms with Crippen LogP contribution in [0.3, 0.4) is 0 Å². The van der Waals surface area contributed by atoms with Crippen molar-refractivity contribution in [2.45, 2.75) is 13.8 Å². The van der Waals surface area contributed by atoms with E-state index < -0.39 is 5.97 Å². The third-order valence-electron chi connectivity index (χ3n) is 3.83. The zero-order valence-corrected chi connectivity index (χ0v) is 15.5. The third kappa shape index (κ3) is 4.11. The van der Waals surface area contributed by atoms with Gasteiger partial charge in [0.05, 0.1) is 25.9 Å². The van der Waals surface area contributed by atoms with E-state index >= 15 is 0 Å². The Morgan fingerprint density at radius 2 is 1.74 bits per heavy atom. The lowest BCUT2D eigenvalue weighted by Gasteiger charge is -2.09. The fourth-order valence-electron chi connectivity index (χ4n) is 2.66. The summed E-state index contributed by atoms with van der Waals surface area (Å²) in [6, 6.07) is 12.7. The number of esters is 1.